The van der Waals surface area contributed by atoms with Crippen LogP contribution in [-0.4, -0.2) is 41.8 Å². The van der Waals surface area contributed by atoms with Crippen LogP contribution in [0.1, 0.15) is 43.5 Å². The van der Waals surface area contributed by atoms with Gasteiger partial charge in [0.05, 0.1) is 17.9 Å². The Morgan fingerprint density at radius 2 is 2.10 bits per heavy atom. The van der Waals surface area contributed by atoms with Gasteiger partial charge in [-0.05, 0) is 26.7 Å². The Kier molecular flexibility index (Phi) is 3.78. The van der Waals surface area contributed by atoms with Crippen LogP contribution in [0.4, 0.5) is 0 Å². The van der Waals surface area contributed by atoms with Gasteiger partial charge in [-0.1, -0.05) is 0 Å². The third kappa shape index (κ3) is 2.54. The molecule has 0 amide bonds. The molecule has 4 nitrogen and oxygen atoms in total. The molecule has 1 aromatic rings. The molecule has 0 N–H and O–H groups in total. The molecule has 3 aliphatic rings. The lowest BCUT2D eigenvalue weighted by atomic mass is 9.82. The Hall–Kier alpha value is -0.490. The topological polar surface area (TPSA) is 34.6 Å². The molecule has 0 unspecified atom stereocenters. The molecule has 116 valence electrons. The minimum Gasteiger partial charge on any atom is -0.374 e. The van der Waals surface area contributed by atoms with Gasteiger partial charge < -0.3 is 9.47 Å². The number of hydrogen-bond acceptors (Lipinski definition) is 5. The summed E-state index contributed by atoms with van der Waals surface area (Å²) < 4.78 is 11.7. The quantitative estimate of drug-likeness (QED) is 0.838. The Labute approximate surface area is 130 Å². The largest absolute Gasteiger partial charge is 0.374 e. The summed E-state index contributed by atoms with van der Waals surface area (Å²) in [4.78, 5) is 7.34. The number of ether oxygens (including phenoxy) is 2. The predicted molar refractivity (Wildman–Crippen MR) is 82.3 cm³/mol. The van der Waals surface area contributed by atoms with Gasteiger partial charge in [0, 0.05) is 43.5 Å². The SMILES string of the molecule is CCO[C@H](C)c1nc(CN2C[C@@H]3[C@@H](C2)[C@H]2CC[C@H]3O2)cs1. The van der Waals surface area contributed by atoms with Crippen LogP contribution in [0, 0.1) is 11.8 Å². The van der Waals surface area contributed by atoms with Crippen molar-refractivity contribution in [3.63, 3.8) is 0 Å². The van der Waals surface area contributed by atoms with Crippen LogP contribution in [0.3, 0.4) is 0 Å². The number of aromatic nitrogens is 1. The van der Waals surface area contributed by atoms with E-state index in [9.17, 15) is 0 Å². The number of likely N-dealkylation sites (tertiary alicyclic amines) is 1. The van der Waals surface area contributed by atoms with Gasteiger partial charge in [-0.25, -0.2) is 4.98 Å². The fourth-order valence-electron chi connectivity index (χ4n) is 4.31. The highest BCUT2D eigenvalue weighted by Crippen LogP contribution is 2.47. The van der Waals surface area contributed by atoms with E-state index in [1.807, 2.05) is 6.92 Å². The fourth-order valence-corrected chi connectivity index (χ4v) is 5.12. The molecule has 2 bridgehead atoms. The van der Waals surface area contributed by atoms with Crippen molar-refractivity contribution >= 4 is 11.3 Å². The number of rotatable bonds is 5. The first-order valence-electron chi connectivity index (χ1n) is 8.18. The van der Waals surface area contributed by atoms with Crippen LogP contribution in [-0.2, 0) is 16.0 Å². The smallest absolute Gasteiger partial charge is 0.122 e. The zero-order valence-electron chi connectivity index (χ0n) is 12.8. The Balaban J connectivity index is 1.37. The fraction of sp³-hybridized carbons (Fsp3) is 0.812. The summed E-state index contributed by atoms with van der Waals surface area (Å²) in [6, 6.07) is 0. The van der Waals surface area contributed by atoms with Crippen LogP contribution in [0.2, 0.25) is 0 Å². The van der Waals surface area contributed by atoms with Gasteiger partial charge in [0.25, 0.3) is 0 Å². The molecule has 0 saturated carbocycles. The zero-order chi connectivity index (χ0) is 14.4. The summed E-state index contributed by atoms with van der Waals surface area (Å²) in [7, 11) is 0. The molecule has 0 spiro atoms. The second-order valence-electron chi connectivity index (χ2n) is 6.59. The highest BCUT2D eigenvalue weighted by Gasteiger charge is 2.52. The number of fused-ring (bicyclic) bond motifs is 5. The van der Waals surface area contributed by atoms with Crippen LogP contribution in [0.25, 0.3) is 0 Å². The molecule has 0 aliphatic carbocycles. The monoisotopic (exact) mass is 308 g/mol. The highest BCUT2D eigenvalue weighted by molar-refractivity contribution is 7.09. The Bertz CT molecular complexity index is 488. The second kappa shape index (κ2) is 5.61. The lowest BCUT2D eigenvalue weighted by Gasteiger charge is -2.18. The molecule has 5 heteroatoms. The molecule has 4 heterocycles. The van der Waals surface area contributed by atoms with E-state index in [4.69, 9.17) is 14.5 Å². The maximum atomic E-state index is 6.04. The van der Waals surface area contributed by atoms with Crippen molar-refractivity contribution in [3.05, 3.63) is 16.1 Å². The van der Waals surface area contributed by atoms with Crippen LogP contribution >= 0.6 is 11.3 Å². The van der Waals surface area contributed by atoms with E-state index in [0.29, 0.717) is 12.2 Å². The maximum Gasteiger partial charge on any atom is 0.122 e. The summed E-state index contributed by atoms with van der Waals surface area (Å²) in [6.07, 6.45) is 3.79. The molecular formula is C16H24N2O2S. The summed E-state index contributed by atoms with van der Waals surface area (Å²) in [5.74, 6) is 1.56. The molecule has 21 heavy (non-hydrogen) atoms. The number of nitrogens with zero attached hydrogens (tertiary/aromatic N) is 2. The van der Waals surface area contributed by atoms with Gasteiger partial charge in [0.2, 0.25) is 0 Å². The second-order valence-corrected chi connectivity index (χ2v) is 7.48. The first kappa shape index (κ1) is 14.1. The molecule has 5 atom stereocenters. The summed E-state index contributed by atoms with van der Waals surface area (Å²) in [5.41, 5.74) is 1.20. The van der Waals surface area contributed by atoms with Gasteiger partial charge in [-0.2, -0.15) is 0 Å². The summed E-state index contributed by atoms with van der Waals surface area (Å²) in [6.45, 7) is 8.24. The first-order valence-corrected chi connectivity index (χ1v) is 9.06. The lowest BCUT2D eigenvalue weighted by Crippen LogP contribution is -2.24. The van der Waals surface area contributed by atoms with Gasteiger partial charge in [-0.3, -0.25) is 4.90 Å². The third-order valence-electron chi connectivity index (χ3n) is 5.25. The molecular weight excluding hydrogens is 284 g/mol. The van der Waals surface area contributed by atoms with E-state index in [-0.39, 0.29) is 6.10 Å². The standard InChI is InChI=1S/C16H24N2O2S/c1-3-19-10(2)16-17-11(9-21-16)6-18-7-12-13(8-18)15-5-4-14(12)20-15/h9-10,12-15H,3-8H2,1-2H3/t10-,12-,13-,14-,15-/m1/s1. The van der Waals surface area contributed by atoms with Crippen molar-refractivity contribution < 1.29 is 9.47 Å². The van der Waals surface area contributed by atoms with Crippen molar-refractivity contribution in [2.75, 3.05) is 19.7 Å². The van der Waals surface area contributed by atoms with Crippen molar-refractivity contribution in [2.45, 2.75) is 51.5 Å². The number of thiazole rings is 1. The molecule has 4 rings (SSSR count). The minimum absolute atomic E-state index is 0.121. The van der Waals surface area contributed by atoms with Gasteiger partial charge in [-0.15, -0.1) is 11.3 Å². The van der Waals surface area contributed by atoms with Crippen molar-refractivity contribution in [1.82, 2.24) is 9.88 Å². The average Bonchev–Trinajstić information content (AvgIpc) is 3.21. The Morgan fingerprint density at radius 3 is 2.76 bits per heavy atom. The normalized spacial score (nSPS) is 36.3. The van der Waals surface area contributed by atoms with E-state index in [1.54, 1.807) is 11.3 Å². The van der Waals surface area contributed by atoms with Crippen LogP contribution in [0.15, 0.2) is 5.38 Å². The highest BCUT2D eigenvalue weighted by atomic mass is 32.1. The number of hydrogen-bond donors (Lipinski definition) is 0. The molecule has 3 saturated heterocycles. The van der Waals surface area contributed by atoms with Gasteiger partial charge in [0.15, 0.2) is 0 Å². The minimum atomic E-state index is 0.121. The van der Waals surface area contributed by atoms with Gasteiger partial charge in [0.1, 0.15) is 11.1 Å². The van der Waals surface area contributed by atoms with E-state index in [0.717, 1.165) is 30.0 Å². The van der Waals surface area contributed by atoms with E-state index in [2.05, 4.69) is 17.2 Å². The van der Waals surface area contributed by atoms with Crippen LogP contribution < -0.4 is 0 Å². The molecule has 3 fully saturated rings. The third-order valence-corrected chi connectivity index (χ3v) is 6.30. The van der Waals surface area contributed by atoms with Crippen molar-refractivity contribution in [1.29, 1.82) is 0 Å². The predicted octanol–water partition coefficient (Wildman–Crippen LogP) is 2.85. The van der Waals surface area contributed by atoms with E-state index < -0.39 is 0 Å². The molecule has 3 aliphatic heterocycles. The summed E-state index contributed by atoms with van der Waals surface area (Å²) in [5, 5.41) is 3.30. The van der Waals surface area contributed by atoms with Crippen molar-refractivity contribution in [2.24, 2.45) is 11.8 Å². The average molecular weight is 308 g/mol. The van der Waals surface area contributed by atoms with Gasteiger partial charge >= 0.3 is 0 Å². The zero-order valence-corrected chi connectivity index (χ0v) is 13.6. The lowest BCUT2D eigenvalue weighted by molar-refractivity contribution is 0.0693. The van der Waals surface area contributed by atoms with Crippen LogP contribution in [0.5, 0.6) is 0 Å². The molecule has 1 aromatic heterocycles. The molecule has 0 aromatic carbocycles. The maximum absolute atomic E-state index is 6.04. The van der Waals surface area contributed by atoms with E-state index >= 15 is 0 Å². The first-order chi connectivity index (χ1) is 10.2. The molecule has 0 radical (unpaired) electrons. The Morgan fingerprint density at radius 1 is 1.38 bits per heavy atom. The summed E-state index contributed by atoms with van der Waals surface area (Å²) >= 11 is 1.73. The van der Waals surface area contributed by atoms with Crippen molar-refractivity contribution in [3.8, 4) is 0 Å². The van der Waals surface area contributed by atoms with E-state index in [1.165, 1.54) is 31.6 Å².